The van der Waals surface area contributed by atoms with Crippen molar-refractivity contribution in [2.75, 3.05) is 6.54 Å². The Morgan fingerprint density at radius 3 is 2.51 bits per heavy atom. The number of aryl methyl sites for hydroxylation is 2. The molecule has 0 radical (unpaired) electrons. The summed E-state index contributed by atoms with van der Waals surface area (Å²) >= 11 is 5.99. The molecule has 0 atom stereocenters. The van der Waals surface area contributed by atoms with Gasteiger partial charge < -0.3 is 5.32 Å². The molecule has 1 amide bonds. The molecule has 0 bridgehead atoms. The fourth-order valence-electron chi connectivity index (χ4n) is 3.66. The van der Waals surface area contributed by atoms with Crippen molar-refractivity contribution >= 4 is 23.2 Å². The number of rotatable bonds is 7. The maximum absolute atomic E-state index is 13.8. The fourth-order valence-corrected chi connectivity index (χ4v) is 3.81. The summed E-state index contributed by atoms with van der Waals surface area (Å²) < 4.78 is 43.8. The van der Waals surface area contributed by atoms with Gasteiger partial charge >= 0.3 is 6.18 Å². The molecule has 7 nitrogen and oxygen atoms in total. The van der Waals surface area contributed by atoms with E-state index in [9.17, 15) is 18.0 Å². The first-order valence-corrected chi connectivity index (χ1v) is 11.5. The highest BCUT2D eigenvalue weighted by Gasteiger charge is 2.36. The van der Waals surface area contributed by atoms with Crippen LogP contribution in [-0.4, -0.2) is 36.8 Å². The number of halogens is 4. The first-order chi connectivity index (χ1) is 16.5. The summed E-state index contributed by atoms with van der Waals surface area (Å²) in [6.07, 6.45) is -1.33. The van der Waals surface area contributed by atoms with Crippen molar-refractivity contribution in [2.24, 2.45) is 0 Å². The Balaban J connectivity index is 1.59. The highest BCUT2D eigenvalue weighted by Crippen LogP contribution is 2.33. The Bertz CT molecular complexity index is 1340. The third-order valence-corrected chi connectivity index (χ3v) is 5.99. The number of alkyl halides is 3. The van der Waals surface area contributed by atoms with Crippen LogP contribution in [0.3, 0.4) is 0 Å². The van der Waals surface area contributed by atoms with Gasteiger partial charge in [0.25, 0.3) is 5.91 Å². The standard InChI is InChI=1S/C24H24ClF3N6O/c1-14(2)16-5-7-17(8-6-16)20-11-21(24(26,27)28)34-22(31-20)18(12-30-34)23(35)29-9-4-10-33-13-19(25)15(3)32-33/h5-8,11-14H,4,9-10H2,1-3H3,(H,29,35). The predicted octanol–water partition coefficient (Wildman–Crippen LogP) is 5.52. The van der Waals surface area contributed by atoms with Crippen molar-refractivity contribution < 1.29 is 18.0 Å². The van der Waals surface area contributed by atoms with E-state index in [1.54, 1.807) is 29.9 Å². The minimum Gasteiger partial charge on any atom is -0.352 e. The Morgan fingerprint density at radius 1 is 1.20 bits per heavy atom. The maximum atomic E-state index is 13.8. The zero-order chi connectivity index (χ0) is 25.3. The summed E-state index contributed by atoms with van der Waals surface area (Å²) in [4.78, 5) is 17.2. The topological polar surface area (TPSA) is 77.1 Å². The summed E-state index contributed by atoms with van der Waals surface area (Å²) in [5, 5.41) is 11.3. The molecule has 184 valence electrons. The van der Waals surface area contributed by atoms with Gasteiger partial charge in [-0.05, 0) is 30.9 Å². The number of carbonyl (C=O) groups excluding carboxylic acids is 1. The van der Waals surface area contributed by atoms with Crippen LogP contribution < -0.4 is 5.32 Å². The van der Waals surface area contributed by atoms with Gasteiger partial charge in [0.05, 0.1) is 22.6 Å². The van der Waals surface area contributed by atoms with Gasteiger partial charge in [0.1, 0.15) is 5.56 Å². The number of hydrogen-bond donors (Lipinski definition) is 1. The molecule has 35 heavy (non-hydrogen) atoms. The lowest BCUT2D eigenvalue weighted by molar-refractivity contribution is -0.142. The largest absolute Gasteiger partial charge is 0.433 e. The van der Waals surface area contributed by atoms with Crippen LogP contribution in [0.4, 0.5) is 13.2 Å². The van der Waals surface area contributed by atoms with Crippen LogP contribution in [0.2, 0.25) is 5.02 Å². The average Bonchev–Trinajstić information content (AvgIpc) is 3.38. The first-order valence-electron chi connectivity index (χ1n) is 11.1. The number of nitrogens with one attached hydrogen (secondary N) is 1. The van der Waals surface area contributed by atoms with E-state index in [4.69, 9.17) is 11.6 Å². The summed E-state index contributed by atoms with van der Waals surface area (Å²) in [7, 11) is 0. The summed E-state index contributed by atoms with van der Waals surface area (Å²) in [5.41, 5.74) is 1.20. The normalized spacial score (nSPS) is 12.0. The Labute approximate surface area is 204 Å². The Morgan fingerprint density at radius 2 is 1.91 bits per heavy atom. The predicted molar refractivity (Wildman–Crippen MR) is 126 cm³/mol. The van der Waals surface area contributed by atoms with Crippen LogP contribution in [0.15, 0.2) is 42.7 Å². The van der Waals surface area contributed by atoms with Gasteiger partial charge in [0.15, 0.2) is 11.3 Å². The van der Waals surface area contributed by atoms with Crippen molar-refractivity contribution in [2.45, 2.75) is 45.8 Å². The van der Waals surface area contributed by atoms with Crippen molar-refractivity contribution in [3.63, 3.8) is 0 Å². The van der Waals surface area contributed by atoms with Crippen molar-refractivity contribution in [3.8, 4) is 11.3 Å². The van der Waals surface area contributed by atoms with Crippen LogP contribution in [0, 0.1) is 6.92 Å². The molecule has 1 aromatic carbocycles. The van der Waals surface area contributed by atoms with Gasteiger partial charge in [0, 0.05) is 24.8 Å². The molecule has 3 aromatic heterocycles. The second-order valence-electron chi connectivity index (χ2n) is 8.53. The Kier molecular flexibility index (Phi) is 6.84. The van der Waals surface area contributed by atoms with Crippen molar-refractivity contribution in [3.05, 3.63) is 70.3 Å². The molecule has 1 N–H and O–H groups in total. The number of nitrogens with zero attached hydrogens (tertiary/aromatic N) is 5. The number of amides is 1. The first kappa shape index (κ1) is 24.7. The number of aromatic nitrogens is 5. The zero-order valence-corrected chi connectivity index (χ0v) is 20.2. The minimum atomic E-state index is -4.68. The summed E-state index contributed by atoms with van der Waals surface area (Å²) in [6.45, 7) is 6.67. The molecule has 0 aliphatic heterocycles. The van der Waals surface area contributed by atoms with Gasteiger partial charge in [-0.1, -0.05) is 49.7 Å². The van der Waals surface area contributed by atoms with E-state index in [0.717, 1.165) is 17.8 Å². The molecule has 4 aromatic rings. The van der Waals surface area contributed by atoms with E-state index in [1.807, 2.05) is 26.0 Å². The van der Waals surface area contributed by atoms with Gasteiger partial charge in [-0.15, -0.1) is 0 Å². The molecule has 0 fully saturated rings. The van der Waals surface area contributed by atoms with Crippen LogP contribution >= 0.6 is 11.6 Å². The van der Waals surface area contributed by atoms with E-state index in [-0.39, 0.29) is 29.4 Å². The Hall–Kier alpha value is -3.40. The van der Waals surface area contributed by atoms with E-state index >= 15 is 0 Å². The lowest BCUT2D eigenvalue weighted by Gasteiger charge is -2.12. The zero-order valence-electron chi connectivity index (χ0n) is 19.4. The third-order valence-electron chi connectivity index (χ3n) is 5.62. The SMILES string of the molecule is Cc1nn(CCCNC(=O)c2cnn3c(C(F)(F)F)cc(-c4ccc(C(C)C)cc4)nc23)cc1Cl. The minimum absolute atomic E-state index is 0.0332. The molecule has 0 unspecified atom stereocenters. The van der Waals surface area contributed by atoms with Crippen LogP contribution in [0.25, 0.3) is 16.9 Å². The summed E-state index contributed by atoms with van der Waals surface area (Å²) in [6, 6.07) is 8.12. The van der Waals surface area contributed by atoms with E-state index in [0.29, 0.717) is 33.8 Å². The molecule has 0 aliphatic carbocycles. The third kappa shape index (κ3) is 5.32. The van der Waals surface area contributed by atoms with Gasteiger partial charge in [-0.3, -0.25) is 9.48 Å². The molecule has 11 heteroatoms. The molecule has 4 rings (SSSR count). The van der Waals surface area contributed by atoms with E-state index in [1.165, 1.54) is 0 Å². The van der Waals surface area contributed by atoms with E-state index < -0.39 is 17.8 Å². The molecular weight excluding hydrogens is 481 g/mol. The monoisotopic (exact) mass is 504 g/mol. The second kappa shape index (κ2) is 9.69. The average molecular weight is 505 g/mol. The highest BCUT2D eigenvalue weighted by molar-refractivity contribution is 6.31. The number of fused-ring (bicyclic) bond motifs is 1. The maximum Gasteiger partial charge on any atom is 0.433 e. The molecule has 0 aliphatic rings. The number of carbonyl (C=O) groups is 1. The lowest BCUT2D eigenvalue weighted by Crippen LogP contribution is -2.25. The van der Waals surface area contributed by atoms with Gasteiger partial charge in [-0.25, -0.2) is 9.50 Å². The fraction of sp³-hybridized carbons (Fsp3) is 0.333. The van der Waals surface area contributed by atoms with E-state index in [2.05, 4.69) is 20.5 Å². The smallest absolute Gasteiger partial charge is 0.352 e. The molecule has 0 saturated carbocycles. The molecule has 0 saturated heterocycles. The second-order valence-corrected chi connectivity index (χ2v) is 8.94. The van der Waals surface area contributed by atoms with Crippen molar-refractivity contribution in [1.29, 1.82) is 0 Å². The molecule has 3 heterocycles. The van der Waals surface area contributed by atoms with Gasteiger partial charge in [-0.2, -0.15) is 23.4 Å². The lowest BCUT2D eigenvalue weighted by atomic mass is 10.0. The molecule has 0 spiro atoms. The quantitative estimate of drug-likeness (QED) is 0.336. The molecular formula is C24H24ClF3N6O. The summed E-state index contributed by atoms with van der Waals surface area (Å²) in [5.74, 6) is -0.271. The van der Waals surface area contributed by atoms with Crippen molar-refractivity contribution in [1.82, 2.24) is 29.7 Å². The van der Waals surface area contributed by atoms with Gasteiger partial charge in [0.2, 0.25) is 0 Å². The highest BCUT2D eigenvalue weighted by atomic mass is 35.5. The van der Waals surface area contributed by atoms with Crippen LogP contribution in [0.1, 0.15) is 53.5 Å². The van der Waals surface area contributed by atoms with Crippen LogP contribution in [-0.2, 0) is 12.7 Å². The number of benzene rings is 1. The van der Waals surface area contributed by atoms with Crippen LogP contribution in [0.5, 0.6) is 0 Å². The number of hydrogen-bond acceptors (Lipinski definition) is 4.